The summed E-state index contributed by atoms with van der Waals surface area (Å²) < 4.78 is 4.63. The normalized spacial score (nSPS) is 16.0. The van der Waals surface area contributed by atoms with Gasteiger partial charge in [0.05, 0.1) is 13.2 Å². The summed E-state index contributed by atoms with van der Waals surface area (Å²) in [5, 5.41) is 9.89. The summed E-state index contributed by atoms with van der Waals surface area (Å²) in [5.41, 5.74) is 2.13. The number of hydrogen-bond donors (Lipinski definition) is 1. The molecule has 0 unspecified atom stereocenters. The number of Topliss-reactive ketones (excluding diaryl/α,β-unsaturated/α-hetero) is 1. The van der Waals surface area contributed by atoms with Gasteiger partial charge in [0.1, 0.15) is 0 Å². The van der Waals surface area contributed by atoms with Crippen LogP contribution in [0, 0.1) is 0 Å². The van der Waals surface area contributed by atoms with E-state index < -0.39 is 0 Å². The first-order valence-corrected chi connectivity index (χ1v) is 9.75. The number of carbonyl (C=O) groups is 2. The smallest absolute Gasteiger partial charge is 0.305 e. The van der Waals surface area contributed by atoms with Crippen molar-refractivity contribution in [3.63, 3.8) is 0 Å². The van der Waals surface area contributed by atoms with E-state index in [1.807, 2.05) is 12.2 Å². The zero-order valence-corrected chi connectivity index (χ0v) is 15.9. The fraction of sp³-hybridized carbons (Fsp3) is 0.714. The molecule has 0 aromatic heterocycles. The summed E-state index contributed by atoms with van der Waals surface area (Å²) in [7, 11) is 1.42. The monoisotopic (exact) mass is 350 g/mol. The Labute approximate surface area is 152 Å². The molecule has 4 nitrogen and oxygen atoms in total. The Balaban J connectivity index is 2.34. The number of allylic oxidation sites excluding steroid dienone is 3. The molecule has 0 bridgehead atoms. The quantitative estimate of drug-likeness (QED) is 0.388. The number of aliphatic hydroxyl groups is 1. The van der Waals surface area contributed by atoms with Gasteiger partial charge in [0.15, 0.2) is 5.78 Å². The zero-order chi connectivity index (χ0) is 18.5. The number of aliphatic hydroxyl groups excluding tert-OH is 1. The third kappa shape index (κ3) is 9.01. The summed E-state index contributed by atoms with van der Waals surface area (Å²) in [5.74, 6) is 0.128. The van der Waals surface area contributed by atoms with Gasteiger partial charge in [-0.2, -0.15) is 0 Å². The SMILES string of the molecule is CCCC[C@H](O)C/C=C/C1=C(CCCCCCC(=O)OC)C(=O)CC1. The number of hydrogen-bond acceptors (Lipinski definition) is 4. The van der Waals surface area contributed by atoms with E-state index in [1.54, 1.807) is 0 Å². The molecule has 1 N–H and O–H groups in total. The van der Waals surface area contributed by atoms with Crippen LogP contribution in [0.2, 0.25) is 0 Å². The van der Waals surface area contributed by atoms with Crippen LogP contribution >= 0.6 is 0 Å². The Bertz CT molecular complexity index is 476. The highest BCUT2D eigenvalue weighted by molar-refractivity contribution is 5.99. The number of ether oxygens (including phenoxy) is 1. The first kappa shape index (κ1) is 21.6. The molecule has 0 saturated heterocycles. The van der Waals surface area contributed by atoms with Gasteiger partial charge in [-0.15, -0.1) is 0 Å². The van der Waals surface area contributed by atoms with Crippen LogP contribution in [0.4, 0.5) is 0 Å². The van der Waals surface area contributed by atoms with Crippen LogP contribution in [0.5, 0.6) is 0 Å². The molecule has 4 heteroatoms. The van der Waals surface area contributed by atoms with Crippen molar-refractivity contribution < 1.29 is 19.4 Å². The fourth-order valence-electron chi connectivity index (χ4n) is 3.16. The van der Waals surface area contributed by atoms with E-state index in [-0.39, 0.29) is 17.9 Å². The molecule has 1 aliphatic carbocycles. The molecule has 0 aromatic rings. The van der Waals surface area contributed by atoms with E-state index in [0.717, 1.165) is 68.9 Å². The highest BCUT2D eigenvalue weighted by Crippen LogP contribution is 2.28. The summed E-state index contributed by atoms with van der Waals surface area (Å²) in [6.45, 7) is 2.12. The molecule has 0 heterocycles. The third-order valence-corrected chi connectivity index (χ3v) is 4.75. The van der Waals surface area contributed by atoms with Gasteiger partial charge in [-0.05, 0) is 49.7 Å². The molecule has 0 spiro atoms. The van der Waals surface area contributed by atoms with E-state index >= 15 is 0 Å². The number of carbonyl (C=O) groups excluding carboxylic acids is 2. The van der Waals surface area contributed by atoms with Crippen molar-refractivity contribution in [1.29, 1.82) is 0 Å². The van der Waals surface area contributed by atoms with Crippen LogP contribution in [0.25, 0.3) is 0 Å². The van der Waals surface area contributed by atoms with Crippen LogP contribution in [-0.4, -0.2) is 30.1 Å². The maximum Gasteiger partial charge on any atom is 0.305 e. The number of unbranched alkanes of at least 4 members (excludes halogenated alkanes) is 4. The first-order valence-electron chi connectivity index (χ1n) is 9.75. The number of ketones is 1. The van der Waals surface area contributed by atoms with E-state index in [4.69, 9.17) is 0 Å². The van der Waals surface area contributed by atoms with Crippen LogP contribution in [0.15, 0.2) is 23.3 Å². The lowest BCUT2D eigenvalue weighted by Crippen LogP contribution is -2.03. The lowest BCUT2D eigenvalue weighted by Gasteiger charge is -2.06. The lowest BCUT2D eigenvalue weighted by molar-refractivity contribution is -0.140. The largest absolute Gasteiger partial charge is 0.469 e. The summed E-state index contributed by atoms with van der Waals surface area (Å²) >= 11 is 0. The Kier molecular flexibility index (Phi) is 11.1. The van der Waals surface area contributed by atoms with Gasteiger partial charge in [0.25, 0.3) is 0 Å². The van der Waals surface area contributed by atoms with E-state index in [2.05, 4.69) is 11.7 Å². The van der Waals surface area contributed by atoms with Gasteiger partial charge in [0, 0.05) is 12.8 Å². The Morgan fingerprint density at radius 3 is 2.68 bits per heavy atom. The Hall–Kier alpha value is -1.42. The molecular weight excluding hydrogens is 316 g/mol. The maximum absolute atomic E-state index is 12.1. The minimum absolute atomic E-state index is 0.151. The molecule has 0 radical (unpaired) electrons. The third-order valence-electron chi connectivity index (χ3n) is 4.75. The van der Waals surface area contributed by atoms with Gasteiger partial charge in [0.2, 0.25) is 0 Å². The fourth-order valence-corrected chi connectivity index (χ4v) is 3.16. The topological polar surface area (TPSA) is 63.6 Å². The predicted octanol–water partition coefficient (Wildman–Crippen LogP) is 4.66. The van der Waals surface area contributed by atoms with E-state index in [9.17, 15) is 14.7 Å². The summed E-state index contributed by atoms with van der Waals surface area (Å²) in [6.07, 6.45) is 14.1. The second kappa shape index (κ2) is 12.9. The minimum Gasteiger partial charge on any atom is -0.469 e. The summed E-state index contributed by atoms with van der Waals surface area (Å²) in [6, 6.07) is 0. The van der Waals surface area contributed by atoms with Crippen molar-refractivity contribution in [2.75, 3.05) is 7.11 Å². The van der Waals surface area contributed by atoms with Gasteiger partial charge >= 0.3 is 5.97 Å². The van der Waals surface area contributed by atoms with Crippen molar-refractivity contribution in [3.8, 4) is 0 Å². The number of esters is 1. The van der Waals surface area contributed by atoms with Crippen LogP contribution < -0.4 is 0 Å². The molecule has 142 valence electrons. The first-order chi connectivity index (χ1) is 12.1. The second-order valence-corrected chi connectivity index (χ2v) is 6.85. The highest BCUT2D eigenvalue weighted by atomic mass is 16.5. The van der Waals surface area contributed by atoms with Crippen LogP contribution in [-0.2, 0) is 14.3 Å². The van der Waals surface area contributed by atoms with Crippen molar-refractivity contribution in [3.05, 3.63) is 23.3 Å². The van der Waals surface area contributed by atoms with E-state index in [1.165, 1.54) is 7.11 Å². The molecule has 0 amide bonds. The van der Waals surface area contributed by atoms with Gasteiger partial charge in [-0.1, -0.05) is 44.8 Å². The molecule has 1 rings (SSSR count). The van der Waals surface area contributed by atoms with Gasteiger partial charge in [-0.3, -0.25) is 9.59 Å². The van der Waals surface area contributed by atoms with Crippen LogP contribution in [0.3, 0.4) is 0 Å². The summed E-state index contributed by atoms with van der Waals surface area (Å²) in [4.78, 5) is 23.1. The molecule has 0 fully saturated rings. The number of methoxy groups -OCH3 is 1. The minimum atomic E-state index is -0.271. The van der Waals surface area contributed by atoms with Crippen LogP contribution in [0.1, 0.15) is 84.0 Å². The second-order valence-electron chi connectivity index (χ2n) is 6.85. The average Bonchev–Trinajstić information content (AvgIpc) is 2.95. The lowest BCUT2D eigenvalue weighted by atomic mass is 10.0. The molecule has 1 atom stereocenters. The maximum atomic E-state index is 12.1. The standard InChI is InChI=1S/C21H34O4/c1-3-4-11-18(22)12-9-10-17-15-16-20(23)19(17)13-7-5-6-8-14-21(24)25-2/h9-10,18,22H,3-8,11-16H2,1-2H3/b10-9+/t18-/m0/s1. The Morgan fingerprint density at radius 2 is 1.96 bits per heavy atom. The molecule has 0 aromatic carbocycles. The van der Waals surface area contributed by atoms with Gasteiger partial charge in [-0.25, -0.2) is 0 Å². The molecule has 0 saturated carbocycles. The predicted molar refractivity (Wildman–Crippen MR) is 100 cm³/mol. The molecule has 0 aliphatic heterocycles. The number of rotatable bonds is 13. The molecule has 25 heavy (non-hydrogen) atoms. The zero-order valence-electron chi connectivity index (χ0n) is 15.9. The average molecular weight is 350 g/mol. The van der Waals surface area contributed by atoms with Gasteiger partial charge < -0.3 is 9.84 Å². The molecular formula is C21H34O4. The molecule has 1 aliphatic rings. The van der Waals surface area contributed by atoms with Crippen molar-refractivity contribution >= 4 is 11.8 Å². The highest BCUT2D eigenvalue weighted by Gasteiger charge is 2.20. The Morgan fingerprint density at radius 1 is 1.20 bits per heavy atom. The van der Waals surface area contributed by atoms with Crippen molar-refractivity contribution in [1.82, 2.24) is 0 Å². The van der Waals surface area contributed by atoms with E-state index in [0.29, 0.717) is 19.3 Å². The van der Waals surface area contributed by atoms with Crippen molar-refractivity contribution in [2.45, 2.75) is 90.1 Å². The van der Waals surface area contributed by atoms with Crippen molar-refractivity contribution in [2.24, 2.45) is 0 Å².